The van der Waals surface area contributed by atoms with Crippen molar-refractivity contribution in [2.24, 2.45) is 7.05 Å². The van der Waals surface area contributed by atoms with E-state index in [-0.39, 0.29) is 18.4 Å². The standard InChI is InChI=1S/C15H19N5O2S/c1-9-7-11(20(2)19-9)14(22)16-8-13(21)18-15-17-10-5-3-4-6-12(10)23-15/h7H,3-6,8H2,1-2H3,(H,16,22)(H,17,18,21). The average Bonchev–Trinajstić information content (AvgIpc) is 3.06. The number of nitrogens with one attached hydrogen (secondary N) is 2. The lowest BCUT2D eigenvalue weighted by atomic mass is 10.0. The van der Waals surface area contributed by atoms with Crippen LogP contribution in [0.4, 0.5) is 5.13 Å². The summed E-state index contributed by atoms with van der Waals surface area (Å²) in [5.41, 5.74) is 2.29. The van der Waals surface area contributed by atoms with Gasteiger partial charge in [-0.2, -0.15) is 5.10 Å². The van der Waals surface area contributed by atoms with Crippen LogP contribution < -0.4 is 10.6 Å². The number of rotatable bonds is 4. The number of thiazole rings is 1. The number of fused-ring (bicyclic) bond motifs is 1. The summed E-state index contributed by atoms with van der Waals surface area (Å²) in [5, 5.41) is 10.1. The third-order valence-corrected chi connectivity index (χ3v) is 4.81. The fraction of sp³-hybridized carbons (Fsp3) is 0.467. The number of carbonyl (C=O) groups is 2. The molecule has 0 fully saturated rings. The topological polar surface area (TPSA) is 88.9 Å². The fourth-order valence-electron chi connectivity index (χ4n) is 2.64. The van der Waals surface area contributed by atoms with Crippen molar-refractivity contribution in [2.75, 3.05) is 11.9 Å². The van der Waals surface area contributed by atoms with Crippen LogP contribution in [0.15, 0.2) is 6.07 Å². The number of carbonyl (C=O) groups excluding carboxylic acids is 2. The Bertz CT molecular complexity index is 726. The number of hydrogen-bond acceptors (Lipinski definition) is 5. The Morgan fingerprint density at radius 2 is 2.13 bits per heavy atom. The smallest absolute Gasteiger partial charge is 0.269 e. The zero-order chi connectivity index (χ0) is 16.4. The van der Waals surface area contributed by atoms with Crippen LogP contribution in [-0.2, 0) is 24.7 Å². The Balaban J connectivity index is 1.54. The highest BCUT2D eigenvalue weighted by molar-refractivity contribution is 7.15. The van der Waals surface area contributed by atoms with Crippen molar-refractivity contribution in [1.29, 1.82) is 0 Å². The van der Waals surface area contributed by atoms with E-state index in [1.165, 1.54) is 27.3 Å². The molecule has 0 saturated heterocycles. The van der Waals surface area contributed by atoms with Crippen molar-refractivity contribution < 1.29 is 9.59 Å². The highest BCUT2D eigenvalue weighted by Crippen LogP contribution is 2.29. The van der Waals surface area contributed by atoms with Crippen molar-refractivity contribution >= 4 is 28.3 Å². The number of aromatic nitrogens is 3. The van der Waals surface area contributed by atoms with Crippen molar-refractivity contribution in [3.05, 3.63) is 28.0 Å². The fourth-order valence-corrected chi connectivity index (χ4v) is 3.71. The molecule has 7 nitrogen and oxygen atoms in total. The Hall–Kier alpha value is -2.22. The van der Waals surface area contributed by atoms with E-state index < -0.39 is 0 Å². The van der Waals surface area contributed by atoms with E-state index in [0.29, 0.717) is 10.8 Å². The molecule has 0 aliphatic heterocycles. The van der Waals surface area contributed by atoms with Gasteiger partial charge in [0.25, 0.3) is 5.91 Å². The van der Waals surface area contributed by atoms with Crippen LogP contribution in [0.2, 0.25) is 0 Å². The summed E-state index contributed by atoms with van der Waals surface area (Å²) in [6.45, 7) is 1.72. The number of anilines is 1. The van der Waals surface area contributed by atoms with Gasteiger partial charge in [-0.05, 0) is 38.7 Å². The van der Waals surface area contributed by atoms with E-state index in [0.717, 1.165) is 30.7 Å². The van der Waals surface area contributed by atoms with Crippen molar-refractivity contribution in [3.63, 3.8) is 0 Å². The van der Waals surface area contributed by atoms with Gasteiger partial charge in [0.15, 0.2) is 5.13 Å². The van der Waals surface area contributed by atoms with Gasteiger partial charge in [-0.1, -0.05) is 0 Å². The predicted molar refractivity (Wildman–Crippen MR) is 87.7 cm³/mol. The van der Waals surface area contributed by atoms with Crippen molar-refractivity contribution in [3.8, 4) is 0 Å². The molecule has 0 unspecified atom stereocenters. The molecule has 122 valence electrons. The summed E-state index contributed by atoms with van der Waals surface area (Å²) in [5.74, 6) is -0.593. The molecule has 0 spiro atoms. The monoisotopic (exact) mass is 333 g/mol. The van der Waals surface area contributed by atoms with Crippen LogP contribution in [0.25, 0.3) is 0 Å². The molecule has 0 saturated carbocycles. The summed E-state index contributed by atoms with van der Waals surface area (Å²) in [4.78, 5) is 29.7. The zero-order valence-corrected chi connectivity index (χ0v) is 14.0. The first-order valence-electron chi connectivity index (χ1n) is 7.60. The highest BCUT2D eigenvalue weighted by atomic mass is 32.1. The molecule has 2 heterocycles. The van der Waals surface area contributed by atoms with Crippen molar-refractivity contribution in [2.45, 2.75) is 32.6 Å². The van der Waals surface area contributed by atoms with Crippen LogP contribution in [0.3, 0.4) is 0 Å². The molecule has 0 radical (unpaired) electrons. The van der Waals surface area contributed by atoms with Gasteiger partial charge < -0.3 is 10.6 Å². The number of amides is 2. The molecule has 0 aromatic carbocycles. The first kappa shape index (κ1) is 15.7. The van der Waals surface area contributed by atoms with Crippen molar-refractivity contribution in [1.82, 2.24) is 20.1 Å². The second kappa shape index (κ2) is 6.49. The van der Waals surface area contributed by atoms with E-state index >= 15 is 0 Å². The molecule has 2 amide bonds. The van der Waals surface area contributed by atoms with Gasteiger partial charge in [-0.3, -0.25) is 14.3 Å². The van der Waals surface area contributed by atoms with Gasteiger partial charge in [-0.25, -0.2) is 4.98 Å². The van der Waals surface area contributed by atoms with E-state index in [1.54, 1.807) is 13.1 Å². The summed E-state index contributed by atoms with van der Waals surface area (Å²) in [7, 11) is 1.70. The molecule has 1 aliphatic carbocycles. The third kappa shape index (κ3) is 3.58. The molecular weight excluding hydrogens is 314 g/mol. The number of nitrogens with zero attached hydrogens (tertiary/aromatic N) is 3. The van der Waals surface area contributed by atoms with Crippen LogP contribution in [0.5, 0.6) is 0 Å². The van der Waals surface area contributed by atoms with E-state index in [9.17, 15) is 9.59 Å². The SMILES string of the molecule is Cc1cc(C(=O)NCC(=O)Nc2nc3c(s2)CCCC3)n(C)n1. The summed E-state index contributed by atoms with van der Waals surface area (Å²) >= 11 is 1.53. The maximum Gasteiger partial charge on any atom is 0.269 e. The second-order valence-electron chi connectivity index (χ2n) is 5.62. The van der Waals surface area contributed by atoms with Crippen LogP contribution in [0, 0.1) is 6.92 Å². The van der Waals surface area contributed by atoms with Crippen LogP contribution in [-0.4, -0.2) is 33.1 Å². The summed E-state index contributed by atoms with van der Waals surface area (Å²) < 4.78 is 1.50. The van der Waals surface area contributed by atoms with Crippen LogP contribution in [0.1, 0.15) is 39.6 Å². The minimum absolute atomic E-state index is 0.0900. The maximum atomic E-state index is 12.0. The second-order valence-corrected chi connectivity index (χ2v) is 6.71. The normalized spacial score (nSPS) is 13.5. The molecule has 2 aromatic rings. The summed E-state index contributed by atoms with van der Waals surface area (Å²) in [6, 6.07) is 1.68. The average molecular weight is 333 g/mol. The molecule has 8 heteroatoms. The van der Waals surface area contributed by atoms with Gasteiger partial charge in [0.1, 0.15) is 5.69 Å². The molecule has 2 aromatic heterocycles. The van der Waals surface area contributed by atoms with E-state index in [1.807, 2.05) is 6.92 Å². The Kier molecular flexibility index (Phi) is 4.42. The van der Waals surface area contributed by atoms with E-state index in [2.05, 4.69) is 20.7 Å². The third-order valence-electron chi connectivity index (χ3n) is 3.74. The highest BCUT2D eigenvalue weighted by Gasteiger charge is 2.17. The number of hydrogen-bond donors (Lipinski definition) is 2. The lowest BCUT2D eigenvalue weighted by Gasteiger charge is -2.06. The Morgan fingerprint density at radius 1 is 1.35 bits per heavy atom. The van der Waals surface area contributed by atoms with E-state index in [4.69, 9.17) is 0 Å². The number of aryl methyl sites for hydroxylation is 4. The lowest BCUT2D eigenvalue weighted by Crippen LogP contribution is -2.33. The molecule has 23 heavy (non-hydrogen) atoms. The molecule has 0 atom stereocenters. The predicted octanol–water partition coefficient (Wildman–Crippen LogP) is 1.43. The summed E-state index contributed by atoms with van der Waals surface area (Å²) in [6.07, 6.45) is 4.37. The Labute approximate surface area is 138 Å². The minimum atomic E-state index is -0.318. The first-order valence-corrected chi connectivity index (χ1v) is 8.42. The lowest BCUT2D eigenvalue weighted by molar-refractivity contribution is -0.115. The molecular formula is C15H19N5O2S. The van der Waals surface area contributed by atoms with Gasteiger partial charge in [-0.15, -0.1) is 11.3 Å². The van der Waals surface area contributed by atoms with Gasteiger partial charge in [0.2, 0.25) is 5.91 Å². The van der Waals surface area contributed by atoms with Gasteiger partial charge >= 0.3 is 0 Å². The Morgan fingerprint density at radius 3 is 2.83 bits per heavy atom. The van der Waals surface area contributed by atoms with Gasteiger partial charge in [0, 0.05) is 11.9 Å². The first-order chi connectivity index (χ1) is 11.0. The quantitative estimate of drug-likeness (QED) is 0.886. The maximum absolute atomic E-state index is 12.0. The van der Waals surface area contributed by atoms with Gasteiger partial charge in [0.05, 0.1) is 17.9 Å². The zero-order valence-electron chi connectivity index (χ0n) is 13.2. The molecule has 2 N–H and O–H groups in total. The van der Waals surface area contributed by atoms with Crippen LogP contribution >= 0.6 is 11.3 Å². The largest absolute Gasteiger partial charge is 0.342 e. The molecule has 1 aliphatic rings. The molecule has 3 rings (SSSR count). The minimum Gasteiger partial charge on any atom is -0.342 e. The molecule has 0 bridgehead atoms.